The number of hydrogen-bond donors (Lipinski definition) is 3. The largest absolute Gasteiger partial charge is 0.494 e. The van der Waals surface area contributed by atoms with Crippen LogP contribution in [0.2, 0.25) is 0 Å². The summed E-state index contributed by atoms with van der Waals surface area (Å²) < 4.78 is 5.08. The first-order valence-corrected chi connectivity index (χ1v) is 5.51. The molecular formula is C12H17N3O3. The van der Waals surface area contributed by atoms with Crippen LogP contribution in [-0.4, -0.2) is 32.5 Å². The molecule has 6 heteroatoms. The van der Waals surface area contributed by atoms with Crippen molar-refractivity contribution in [3.05, 3.63) is 23.8 Å². The van der Waals surface area contributed by atoms with Gasteiger partial charge in [0.05, 0.1) is 18.4 Å². The second-order valence-electron chi connectivity index (χ2n) is 3.61. The highest BCUT2D eigenvalue weighted by Crippen LogP contribution is 2.25. The van der Waals surface area contributed by atoms with Crippen LogP contribution in [0.3, 0.4) is 0 Å². The second-order valence-corrected chi connectivity index (χ2v) is 3.61. The van der Waals surface area contributed by atoms with Crippen molar-refractivity contribution < 1.29 is 14.3 Å². The number of carbonyl (C=O) groups is 2. The predicted octanol–water partition coefficient (Wildman–Crippen LogP) is 0.143. The first-order chi connectivity index (χ1) is 8.60. The molecule has 0 spiro atoms. The van der Waals surface area contributed by atoms with Gasteiger partial charge in [-0.05, 0) is 12.1 Å². The Morgan fingerprint density at radius 2 is 2.11 bits per heavy atom. The topological polar surface area (TPSA) is 93.5 Å². The second kappa shape index (κ2) is 6.48. The molecule has 0 bridgehead atoms. The average Bonchev–Trinajstić information content (AvgIpc) is 2.37. The maximum atomic E-state index is 11.9. The van der Waals surface area contributed by atoms with Crippen LogP contribution < -0.4 is 21.1 Å². The molecule has 6 nitrogen and oxygen atoms in total. The molecule has 1 aromatic rings. The van der Waals surface area contributed by atoms with E-state index in [1.54, 1.807) is 25.2 Å². The fourth-order valence-electron chi connectivity index (χ4n) is 1.47. The molecule has 4 N–H and O–H groups in total. The molecule has 0 saturated carbocycles. The van der Waals surface area contributed by atoms with Gasteiger partial charge in [0.15, 0.2) is 5.75 Å². The van der Waals surface area contributed by atoms with Gasteiger partial charge in [-0.1, -0.05) is 6.07 Å². The molecule has 1 rings (SSSR count). The normalized spacial score (nSPS) is 9.67. The average molecular weight is 251 g/mol. The molecule has 1 aromatic carbocycles. The number of anilines is 1. The van der Waals surface area contributed by atoms with Crippen LogP contribution in [0, 0.1) is 0 Å². The summed E-state index contributed by atoms with van der Waals surface area (Å²) in [6.45, 7) is 0.260. The number of carbonyl (C=O) groups excluding carboxylic acids is 2. The summed E-state index contributed by atoms with van der Waals surface area (Å²) in [5.41, 5.74) is 6.45. The van der Waals surface area contributed by atoms with Crippen molar-refractivity contribution in [1.29, 1.82) is 0 Å². The number of hydrogen-bond acceptors (Lipinski definition) is 4. The monoisotopic (exact) mass is 251 g/mol. The Kier molecular flexibility index (Phi) is 4.98. The number of rotatable bonds is 5. The van der Waals surface area contributed by atoms with Crippen molar-refractivity contribution in [2.75, 3.05) is 26.4 Å². The van der Waals surface area contributed by atoms with Gasteiger partial charge in [0.2, 0.25) is 5.91 Å². The molecule has 0 unspecified atom stereocenters. The summed E-state index contributed by atoms with van der Waals surface area (Å²) in [5.74, 6) is -0.104. The van der Waals surface area contributed by atoms with Gasteiger partial charge in [-0.2, -0.15) is 0 Å². The fourth-order valence-corrected chi connectivity index (χ4v) is 1.47. The Hall–Kier alpha value is -2.24. The molecule has 0 aliphatic carbocycles. The van der Waals surface area contributed by atoms with E-state index >= 15 is 0 Å². The summed E-state index contributed by atoms with van der Waals surface area (Å²) >= 11 is 0. The molecule has 0 radical (unpaired) electrons. The number of methoxy groups -OCH3 is 1. The third kappa shape index (κ3) is 3.38. The first kappa shape index (κ1) is 13.8. The fraction of sp³-hybridized carbons (Fsp3) is 0.333. The third-order valence-corrected chi connectivity index (χ3v) is 2.41. The summed E-state index contributed by atoms with van der Waals surface area (Å²) in [6, 6.07) is 4.94. The van der Waals surface area contributed by atoms with Crippen LogP contribution in [0.4, 0.5) is 5.69 Å². The molecule has 2 amide bonds. The minimum atomic E-state index is -0.317. The smallest absolute Gasteiger partial charge is 0.255 e. The van der Waals surface area contributed by atoms with E-state index in [0.29, 0.717) is 17.0 Å². The molecule has 98 valence electrons. The summed E-state index contributed by atoms with van der Waals surface area (Å²) in [7, 11) is 3.00. The third-order valence-electron chi connectivity index (χ3n) is 2.41. The van der Waals surface area contributed by atoms with E-state index in [2.05, 4.69) is 10.6 Å². The first-order valence-electron chi connectivity index (χ1n) is 5.51. The van der Waals surface area contributed by atoms with Crippen LogP contribution >= 0.6 is 0 Å². The van der Waals surface area contributed by atoms with Gasteiger partial charge >= 0.3 is 0 Å². The van der Waals surface area contributed by atoms with Crippen LogP contribution in [0.15, 0.2) is 18.2 Å². The molecule has 0 fully saturated rings. The Balaban J connectivity index is 2.67. The maximum absolute atomic E-state index is 11.9. The molecule has 0 aliphatic rings. The zero-order valence-corrected chi connectivity index (χ0v) is 10.4. The predicted molar refractivity (Wildman–Crippen MR) is 68.4 cm³/mol. The van der Waals surface area contributed by atoms with E-state index in [-0.39, 0.29) is 24.8 Å². The number of para-hydroxylation sites is 1. The van der Waals surface area contributed by atoms with Gasteiger partial charge in [-0.25, -0.2) is 0 Å². The van der Waals surface area contributed by atoms with Crippen molar-refractivity contribution in [3.8, 4) is 5.75 Å². The Morgan fingerprint density at radius 3 is 2.72 bits per heavy atom. The lowest BCUT2D eigenvalue weighted by atomic mass is 10.1. The van der Waals surface area contributed by atoms with Gasteiger partial charge < -0.3 is 21.1 Å². The molecule has 0 saturated heterocycles. The van der Waals surface area contributed by atoms with Crippen molar-refractivity contribution in [2.24, 2.45) is 0 Å². The highest BCUT2D eigenvalue weighted by atomic mass is 16.5. The van der Waals surface area contributed by atoms with Gasteiger partial charge in [0, 0.05) is 20.0 Å². The molecule has 0 aromatic heterocycles. The van der Waals surface area contributed by atoms with Crippen molar-refractivity contribution >= 4 is 17.5 Å². The number of nitrogen functional groups attached to an aromatic ring is 1. The van der Waals surface area contributed by atoms with Crippen molar-refractivity contribution in [1.82, 2.24) is 10.6 Å². The minimum absolute atomic E-state index is 0.130. The van der Waals surface area contributed by atoms with E-state index in [1.807, 2.05) is 0 Å². The highest BCUT2D eigenvalue weighted by Gasteiger charge is 2.14. The quantitative estimate of drug-likeness (QED) is 0.649. The molecule has 18 heavy (non-hydrogen) atoms. The highest BCUT2D eigenvalue weighted by molar-refractivity contribution is 5.98. The van der Waals surface area contributed by atoms with Crippen molar-refractivity contribution in [2.45, 2.75) is 6.42 Å². The van der Waals surface area contributed by atoms with Crippen molar-refractivity contribution in [3.63, 3.8) is 0 Å². The van der Waals surface area contributed by atoms with Gasteiger partial charge in [-0.3, -0.25) is 9.59 Å². The zero-order chi connectivity index (χ0) is 13.5. The maximum Gasteiger partial charge on any atom is 0.255 e. The van der Waals surface area contributed by atoms with E-state index < -0.39 is 0 Å². The lowest BCUT2D eigenvalue weighted by Crippen LogP contribution is -2.29. The number of amides is 2. The Morgan fingerprint density at radius 1 is 1.39 bits per heavy atom. The Labute approximate surface area is 105 Å². The van der Waals surface area contributed by atoms with E-state index in [4.69, 9.17) is 10.5 Å². The standard InChI is InChI=1S/C12H17N3O3/c1-14-10(16)6-7-15-12(17)8-4-3-5-9(13)11(8)18-2/h3-5H,6-7,13H2,1-2H3,(H,14,16)(H,15,17). The number of nitrogens with two attached hydrogens (primary N) is 1. The summed E-state index contributed by atoms with van der Waals surface area (Å²) in [6.07, 6.45) is 0.229. The molecule has 0 aliphatic heterocycles. The van der Waals surface area contributed by atoms with Gasteiger partial charge in [0.1, 0.15) is 0 Å². The van der Waals surface area contributed by atoms with E-state index in [0.717, 1.165) is 0 Å². The van der Waals surface area contributed by atoms with Crippen LogP contribution in [0.25, 0.3) is 0 Å². The summed E-state index contributed by atoms with van der Waals surface area (Å²) in [5, 5.41) is 5.11. The SMILES string of the molecule is CNC(=O)CCNC(=O)c1cccc(N)c1OC. The zero-order valence-electron chi connectivity index (χ0n) is 10.4. The number of nitrogens with one attached hydrogen (secondary N) is 2. The molecular weight excluding hydrogens is 234 g/mol. The minimum Gasteiger partial charge on any atom is -0.494 e. The van der Waals surface area contributed by atoms with Gasteiger partial charge in [-0.15, -0.1) is 0 Å². The Bertz CT molecular complexity index is 446. The molecule has 0 atom stereocenters. The lowest BCUT2D eigenvalue weighted by molar-refractivity contribution is -0.120. The van der Waals surface area contributed by atoms with E-state index in [1.165, 1.54) is 7.11 Å². The van der Waals surface area contributed by atoms with Crippen LogP contribution in [0.5, 0.6) is 5.75 Å². The molecule has 0 heterocycles. The summed E-state index contributed by atoms with van der Waals surface area (Å²) in [4.78, 5) is 22.9. The number of ether oxygens (including phenoxy) is 1. The van der Waals surface area contributed by atoms with Crippen LogP contribution in [0.1, 0.15) is 16.8 Å². The van der Waals surface area contributed by atoms with Crippen LogP contribution in [-0.2, 0) is 4.79 Å². The van der Waals surface area contributed by atoms with Gasteiger partial charge in [0.25, 0.3) is 5.91 Å². The lowest BCUT2D eigenvalue weighted by Gasteiger charge is -2.10. The number of benzene rings is 1. The van der Waals surface area contributed by atoms with E-state index in [9.17, 15) is 9.59 Å².